The second-order valence-electron chi connectivity index (χ2n) is 7.81. The lowest BCUT2D eigenvalue weighted by Crippen LogP contribution is -1.95. The largest absolute Gasteiger partial charge is 0.313 e. The van der Waals surface area contributed by atoms with Crippen LogP contribution in [0.25, 0.3) is 55.3 Å². The summed E-state index contributed by atoms with van der Waals surface area (Å²) in [6.45, 7) is 0. The maximum Gasteiger partial charge on any atom is 0.215 e. The first-order valence-electron chi connectivity index (χ1n) is 10.2. The molecular formula is C26H18N4. The molecule has 7 aromatic rings. The third kappa shape index (κ3) is 1.83. The third-order valence-electron chi connectivity index (χ3n) is 6.23. The summed E-state index contributed by atoms with van der Waals surface area (Å²) in [7, 11) is 2.10. The minimum atomic E-state index is 0.962. The zero-order chi connectivity index (χ0) is 19.8. The first-order chi connectivity index (χ1) is 14.8. The summed E-state index contributed by atoms with van der Waals surface area (Å²) in [4.78, 5) is 4.93. The molecule has 3 aromatic heterocycles. The summed E-state index contributed by atoms with van der Waals surface area (Å²) in [5.74, 6) is 0.962. The highest BCUT2D eigenvalue weighted by Crippen LogP contribution is 2.38. The number of aryl methyl sites for hydroxylation is 1. The highest BCUT2D eigenvalue weighted by atomic mass is 15.2. The van der Waals surface area contributed by atoms with E-state index in [1.54, 1.807) is 0 Å². The number of hydrogen-bond acceptors (Lipinski definition) is 1. The van der Waals surface area contributed by atoms with Crippen molar-refractivity contribution in [3.8, 4) is 5.69 Å². The fourth-order valence-electron chi connectivity index (χ4n) is 4.93. The lowest BCUT2D eigenvalue weighted by atomic mass is 10.1. The summed E-state index contributed by atoms with van der Waals surface area (Å²) < 4.78 is 6.90. The van der Waals surface area contributed by atoms with Crippen LogP contribution in [0, 0.1) is 0 Å². The standard InChI is InChI=1S/C26H18N4/c1-28-23-16-15-19-18-11-5-7-13-21(18)29(17-9-3-2-4-10-17)24(19)25(23)30-22-14-8-6-12-20(22)27-26(28)30/h2-16H,1H3. The topological polar surface area (TPSA) is 27.2 Å². The Morgan fingerprint density at radius 3 is 2.20 bits per heavy atom. The Hall–Kier alpha value is -4.05. The summed E-state index contributed by atoms with van der Waals surface area (Å²) >= 11 is 0. The van der Waals surface area contributed by atoms with Gasteiger partial charge < -0.3 is 9.13 Å². The molecule has 0 radical (unpaired) electrons. The Kier molecular flexibility index (Phi) is 2.91. The molecule has 0 bridgehead atoms. The van der Waals surface area contributed by atoms with Crippen molar-refractivity contribution >= 4 is 49.7 Å². The first-order valence-corrected chi connectivity index (χ1v) is 10.2. The molecule has 7 rings (SSSR count). The van der Waals surface area contributed by atoms with Gasteiger partial charge in [-0.15, -0.1) is 0 Å². The van der Waals surface area contributed by atoms with Gasteiger partial charge in [0.05, 0.1) is 33.1 Å². The van der Waals surface area contributed by atoms with Crippen LogP contribution in [0.1, 0.15) is 0 Å². The van der Waals surface area contributed by atoms with Crippen LogP contribution in [-0.4, -0.2) is 18.5 Å². The van der Waals surface area contributed by atoms with Gasteiger partial charge in [0.1, 0.15) is 0 Å². The number of rotatable bonds is 1. The Morgan fingerprint density at radius 2 is 1.33 bits per heavy atom. The first kappa shape index (κ1) is 15.8. The van der Waals surface area contributed by atoms with E-state index in [1.165, 1.54) is 32.8 Å². The van der Waals surface area contributed by atoms with E-state index in [2.05, 4.69) is 106 Å². The molecule has 0 amide bonds. The van der Waals surface area contributed by atoms with Crippen molar-refractivity contribution in [1.29, 1.82) is 0 Å². The number of fused-ring (bicyclic) bond motifs is 9. The predicted molar refractivity (Wildman–Crippen MR) is 124 cm³/mol. The van der Waals surface area contributed by atoms with Gasteiger partial charge in [0.15, 0.2) is 0 Å². The van der Waals surface area contributed by atoms with Crippen molar-refractivity contribution in [2.24, 2.45) is 7.05 Å². The number of aromatic nitrogens is 4. The quantitative estimate of drug-likeness (QED) is 0.336. The average Bonchev–Trinajstić information content (AvgIpc) is 3.42. The third-order valence-corrected chi connectivity index (χ3v) is 6.23. The van der Waals surface area contributed by atoms with Gasteiger partial charge in [0.25, 0.3) is 0 Å². The van der Waals surface area contributed by atoms with Gasteiger partial charge in [0, 0.05) is 23.5 Å². The second kappa shape index (κ2) is 5.51. The second-order valence-corrected chi connectivity index (χ2v) is 7.81. The van der Waals surface area contributed by atoms with Gasteiger partial charge in [-0.05, 0) is 42.5 Å². The molecule has 3 heterocycles. The van der Waals surface area contributed by atoms with Gasteiger partial charge in [0.2, 0.25) is 5.78 Å². The van der Waals surface area contributed by atoms with Crippen LogP contribution < -0.4 is 0 Å². The van der Waals surface area contributed by atoms with Crippen LogP contribution in [-0.2, 0) is 7.05 Å². The van der Waals surface area contributed by atoms with E-state index in [-0.39, 0.29) is 0 Å². The molecule has 0 spiro atoms. The highest BCUT2D eigenvalue weighted by molar-refractivity contribution is 6.18. The van der Waals surface area contributed by atoms with Crippen molar-refractivity contribution in [2.75, 3.05) is 0 Å². The van der Waals surface area contributed by atoms with Crippen molar-refractivity contribution in [1.82, 2.24) is 18.5 Å². The highest BCUT2D eigenvalue weighted by Gasteiger charge is 2.21. The Balaban J connectivity index is 1.84. The number of benzene rings is 4. The fourth-order valence-corrected chi connectivity index (χ4v) is 4.93. The summed E-state index contributed by atoms with van der Waals surface area (Å²) in [5, 5.41) is 2.52. The van der Waals surface area contributed by atoms with Crippen LogP contribution in [0.2, 0.25) is 0 Å². The zero-order valence-corrected chi connectivity index (χ0v) is 16.4. The molecule has 0 atom stereocenters. The van der Waals surface area contributed by atoms with Crippen LogP contribution in [0.3, 0.4) is 0 Å². The lowest BCUT2D eigenvalue weighted by Gasteiger charge is -2.09. The van der Waals surface area contributed by atoms with Crippen LogP contribution in [0.15, 0.2) is 91.0 Å². The van der Waals surface area contributed by atoms with Crippen molar-refractivity contribution in [2.45, 2.75) is 0 Å². The molecule has 142 valence electrons. The minimum absolute atomic E-state index is 0.962. The Bertz CT molecular complexity index is 1750. The lowest BCUT2D eigenvalue weighted by molar-refractivity contribution is 0.974. The molecular weight excluding hydrogens is 368 g/mol. The van der Waals surface area contributed by atoms with Gasteiger partial charge in [-0.25, -0.2) is 4.98 Å². The number of para-hydroxylation sites is 4. The van der Waals surface area contributed by atoms with Gasteiger partial charge >= 0.3 is 0 Å². The van der Waals surface area contributed by atoms with E-state index in [1.807, 2.05) is 6.07 Å². The number of hydrogen-bond donors (Lipinski definition) is 0. The normalized spacial score (nSPS) is 12.2. The SMILES string of the molecule is Cn1c2ccc3c4ccccc4n(-c4ccccc4)c3c2n2c3ccccc3nc12. The molecule has 0 N–H and O–H groups in total. The van der Waals surface area contributed by atoms with Gasteiger partial charge in [-0.2, -0.15) is 0 Å². The van der Waals surface area contributed by atoms with E-state index in [0.29, 0.717) is 0 Å². The average molecular weight is 386 g/mol. The van der Waals surface area contributed by atoms with E-state index in [4.69, 9.17) is 4.98 Å². The maximum atomic E-state index is 4.93. The number of imidazole rings is 2. The van der Waals surface area contributed by atoms with Gasteiger partial charge in [-0.3, -0.25) is 4.40 Å². The van der Waals surface area contributed by atoms with E-state index in [0.717, 1.165) is 22.5 Å². The zero-order valence-electron chi connectivity index (χ0n) is 16.4. The summed E-state index contributed by atoms with van der Waals surface area (Å²) in [5.41, 5.74) is 8.12. The molecule has 0 saturated carbocycles. The number of nitrogens with zero attached hydrogens (tertiary/aromatic N) is 4. The fraction of sp³-hybridized carbons (Fsp3) is 0.0385. The molecule has 0 aliphatic heterocycles. The molecule has 0 fully saturated rings. The predicted octanol–water partition coefficient (Wildman–Crippen LogP) is 6.08. The molecule has 0 saturated heterocycles. The van der Waals surface area contributed by atoms with Crippen LogP contribution in [0.5, 0.6) is 0 Å². The van der Waals surface area contributed by atoms with Crippen LogP contribution >= 0.6 is 0 Å². The molecule has 4 heteroatoms. The van der Waals surface area contributed by atoms with Crippen LogP contribution in [0.4, 0.5) is 0 Å². The van der Waals surface area contributed by atoms with Crippen molar-refractivity contribution in [3.63, 3.8) is 0 Å². The van der Waals surface area contributed by atoms with E-state index in [9.17, 15) is 0 Å². The minimum Gasteiger partial charge on any atom is -0.313 e. The van der Waals surface area contributed by atoms with Crippen molar-refractivity contribution in [3.05, 3.63) is 91.0 Å². The summed E-state index contributed by atoms with van der Waals surface area (Å²) in [6.07, 6.45) is 0. The maximum absolute atomic E-state index is 4.93. The Labute approximate surface area is 172 Å². The van der Waals surface area contributed by atoms with Crippen molar-refractivity contribution < 1.29 is 0 Å². The van der Waals surface area contributed by atoms with Gasteiger partial charge in [-0.1, -0.05) is 48.5 Å². The smallest absolute Gasteiger partial charge is 0.215 e. The molecule has 4 nitrogen and oxygen atoms in total. The van der Waals surface area contributed by atoms with E-state index < -0.39 is 0 Å². The van der Waals surface area contributed by atoms with E-state index >= 15 is 0 Å². The molecule has 4 aromatic carbocycles. The molecule has 0 aliphatic carbocycles. The Morgan fingerprint density at radius 1 is 0.600 bits per heavy atom. The monoisotopic (exact) mass is 386 g/mol. The molecule has 0 aliphatic rings. The molecule has 0 unspecified atom stereocenters. The molecule has 30 heavy (non-hydrogen) atoms. The summed E-state index contributed by atoms with van der Waals surface area (Å²) in [6, 6.07) is 32.1.